The maximum Gasteiger partial charge on any atom is 0.331 e. The molecule has 1 unspecified atom stereocenters. The largest absolute Gasteiger partial charge is 0.347 e. The quantitative estimate of drug-likeness (QED) is 0.538. The molecule has 2 aliphatic rings. The van der Waals surface area contributed by atoms with Crippen molar-refractivity contribution in [1.29, 1.82) is 0 Å². The van der Waals surface area contributed by atoms with E-state index in [4.69, 9.17) is 0 Å². The van der Waals surface area contributed by atoms with Gasteiger partial charge in [-0.3, -0.25) is 9.69 Å². The molecule has 0 radical (unpaired) electrons. The number of anilines is 3. The maximum absolute atomic E-state index is 13.2. The van der Waals surface area contributed by atoms with E-state index < -0.39 is 0 Å². The van der Waals surface area contributed by atoms with Gasteiger partial charge in [0.1, 0.15) is 9.71 Å². The summed E-state index contributed by atoms with van der Waals surface area (Å²) >= 11 is 1.32. The number of rotatable bonds is 3. The summed E-state index contributed by atoms with van der Waals surface area (Å²) in [6, 6.07) is 9.70. The van der Waals surface area contributed by atoms with Gasteiger partial charge in [-0.15, -0.1) is 11.3 Å². The highest BCUT2D eigenvalue weighted by Gasteiger charge is 2.33. The first kappa shape index (κ1) is 20.9. The second-order valence-electron chi connectivity index (χ2n) is 9.40. The Balaban J connectivity index is 1.52. The number of aromatic nitrogens is 1. The summed E-state index contributed by atoms with van der Waals surface area (Å²) < 4.78 is 0. The van der Waals surface area contributed by atoms with Crippen LogP contribution in [0, 0.1) is 0 Å². The third-order valence-corrected chi connectivity index (χ3v) is 7.17. The Kier molecular flexibility index (Phi) is 5.14. The molecule has 0 bridgehead atoms. The Morgan fingerprint density at radius 2 is 2.00 bits per heavy atom. The van der Waals surface area contributed by atoms with E-state index in [0.29, 0.717) is 10.6 Å². The molecule has 2 aliphatic heterocycles. The maximum atomic E-state index is 13.2. The molecular formula is C24H27N5O2S. The summed E-state index contributed by atoms with van der Waals surface area (Å²) in [6.45, 7) is 8.23. The Morgan fingerprint density at radius 1 is 1.22 bits per heavy atom. The average molecular weight is 450 g/mol. The normalized spacial score (nSPS) is 18.5. The highest BCUT2D eigenvalue weighted by Crippen LogP contribution is 2.45. The van der Waals surface area contributed by atoms with Gasteiger partial charge >= 0.3 is 6.03 Å². The van der Waals surface area contributed by atoms with Crippen LogP contribution in [0.2, 0.25) is 0 Å². The second kappa shape index (κ2) is 7.86. The summed E-state index contributed by atoms with van der Waals surface area (Å²) in [5.41, 5.74) is 3.31. The summed E-state index contributed by atoms with van der Waals surface area (Å²) in [4.78, 5) is 33.6. The molecule has 4 heterocycles. The van der Waals surface area contributed by atoms with Gasteiger partial charge in [-0.2, -0.15) is 0 Å². The minimum absolute atomic E-state index is 0.0310. The zero-order chi connectivity index (χ0) is 22.5. The summed E-state index contributed by atoms with van der Waals surface area (Å²) in [5.74, 6) is -0.161. The van der Waals surface area contributed by atoms with Crippen molar-refractivity contribution in [3.63, 3.8) is 0 Å². The number of hydrogen-bond donors (Lipinski definition) is 3. The lowest BCUT2D eigenvalue weighted by Gasteiger charge is -2.29. The first-order chi connectivity index (χ1) is 15.3. The second-order valence-corrected chi connectivity index (χ2v) is 10.4. The van der Waals surface area contributed by atoms with Crippen LogP contribution in [0.1, 0.15) is 48.8 Å². The number of carbonyl (C=O) groups is 2. The fraction of sp³-hybridized carbons (Fsp3) is 0.375. The molecule has 1 aromatic carbocycles. The average Bonchev–Trinajstić information content (AvgIpc) is 3.14. The minimum Gasteiger partial charge on any atom is -0.347 e. The summed E-state index contributed by atoms with van der Waals surface area (Å²) in [7, 11) is 0. The van der Waals surface area contributed by atoms with Crippen LogP contribution in [0.15, 0.2) is 36.5 Å². The van der Waals surface area contributed by atoms with Gasteiger partial charge in [-0.1, -0.05) is 32.9 Å². The van der Waals surface area contributed by atoms with Gasteiger partial charge in [-0.25, -0.2) is 9.78 Å². The van der Waals surface area contributed by atoms with Crippen molar-refractivity contribution >= 4 is 50.6 Å². The van der Waals surface area contributed by atoms with E-state index in [2.05, 4.69) is 53.8 Å². The van der Waals surface area contributed by atoms with E-state index in [1.54, 1.807) is 11.1 Å². The molecule has 7 nitrogen and oxygen atoms in total. The molecule has 3 N–H and O–H groups in total. The Bertz CT molecular complexity index is 1190. The van der Waals surface area contributed by atoms with Crippen LogP contribution >= 0.6 is 11.3 Å². The molecule has 1 atom stereocenters. The number of nitrogens with one attached hydrogen (secondary N) is 3. The number of carbonyl (C=O) groups excluding carboxylic acids is 2. The van der Waals surface area contributed by atoms with Crippen LogP contribution in [0.25, 0.3) is 10.2 Å². The number of benzene rings is 1. The van der Waals surface area contributed by atoms with Crippen molar-refractivity contribution in [2.75, 3.05) is 23.3 Å². The molecule has 3 amide bonds. The molecule has 166 valence electrons. The predicted octanol–water partition coefficient (Wildman–Crippen LogP) is 4.76. The number of thiophene rings is 1. The fourth-order valence-electron chi connectivity index (χ4n) is 4.34. The number of nitrogens with zero attached hydrogens (tertiary/aromatic N) is 2. The van der Waals surface area contributed by atoms with Gasteiger partial charge in [-0.05, 0) is 48.6 Å². The van der Waals surface area contributed by atoms with Crippen molar-refractivity contribution in [3.05, 3.63) is 47.0 Å². The van der Waals surface area contributed by atoms with Crippen LogP contribution in [-0.2, 0) is 5.41 Å². The molecule has 1 saturated heterocycles. The van der Waals surface area contributed by atoms with E-state index in [1.807, 2.05) is 18.2 Å². The number of hydrogen-bond acceptors (Lipinski definition) is 5. The van der Waals surface area contributed by atoms with Gasteiger partial charge < -0.3 is 16.0 Å². The molecule has 5 rings (SSSR count). The number of pyridine rings is 1. The molecule has 0 saturated carbocycles. The highest BCUT2D eigenvalue weighted by atomic mass is 32.1. The molecule has 2 aromatic heterocycles. The van der Waals surface area contributed by atoms with Crippen molar-refractivity contribution in [1.82, 2.24) is 15.6 Å². The molecule has 0 spiro atoms. The lowest BCUT2D eigenvalue weighted by atomic mass is 9.87. The molecule has 32 heavy (non-hydrogen) atoms. The SMILES string of the molecule is CC(C)(C)c1ccc(N2C(=O)Nc3c(C(=O)NC4CCCNC4)sc4nccc2c34)cc1. The first-order valence-electron chi connectivity index (χ1n) is 11.0. The van der Waals surface area contributed by atoms with E-state index in [-0.39, 0.29) is 23.4 Å². The van der Waals surface area contributed by atoms with Gasteiger partial charge in [0.05, 0.1) is 22.4 Å². The lowest BCUT2D eigenvalue weighted by molar-refractivity contribution is 0.0935. The summed E-state index contributed by atoms with van der Waals surface area (Å²) in [6.07, 6.45) is 3.68. The van der Waals surface area contributed by atoms with Crippen LogP contribution in [0.5, 0.6) is 0 Å². The Labute approximate surface area is 191 Å². The van der Waals surface area contributed by atoms with Crippen molar-refractivity contribution in [2.24, 2.45) is 0 Å². The number of urea groups is 1. The topological polar surface area (TPSA) is 86.4 Å². The van der Waals surface area contributed by atoms with Crippen LogP contribution in [-0.4, -0.2) is 36.1 Å². The minimum atomic E-state index is -0.278. The Hall–Kier alpha value is -2.97. The fourth-order valence-corrected chi connectivity index (χ4v) is 5.36. The van der Waals surface area contributed by atoms with Gasteiger partial charge in [0.25, 0.3) is 5.91 Å². The zero-order valence-corrected chi connectivity index (χ0v) is 19.3. The molecular weight excluding hydrogens is 422 g/mol. The smallest absolute Gasteiger partial charge is 0.331 e. The van der Waals surface area contributed by atoms with Crippen LogP contribution in [0.3, 0.4) is 0 Å². The zero-order valence-electron chi connectivity index (χ0n) is 18.5. The number of amides is 3. The van der Waals surface area contributed by atoms with Crippen LogP contribution < -0.4 is 20.9 Å². The third kappa shape index (κ3) is 3.63. The third-order valence-electron chi connectivity index (χ3n) is 6.08. The van der Waals surface area contributed by atoms with Crippen molar-refractivity contribution < 1.29 is 9.59 Å². The van der Waals surface area contributed by atoms with E-state index in [1.165, 1.54) is 16.9 Å². The van der Waals surface area contributed by atoms with Crippen molar-refractivity contribution in [2.45, 2.75) is 45.1 Å². The molecule has 1 fully saturated rings. The first-order valence-corrected chi connectivity index (χ1v) is 11.8. The molecule has 0 aliphatic carbocycles. The van der Waals surface area contributed by atoms with Crippen LogP contribution in [0.4, 0.5) is 21.9 Å². The lowest BCUT2D eigenvalue weighted by Crippen LogP contribution is -2.45. The number of piperidine rings is 1. The van der Waals surface area contributed by atoms with Gasteiger partial charge in [0, 0.05) is 18.8 Å². The summed E-state index contributed by atoms with van der Waals surface area (Å²) in [5, 5.41) is 10.2. The van der Waals surface area contributed by atoms with Crippen molar-refractivity contribution in [3.8, 4) is 0 Å². The predicted molar refractivity (Wildman–Crippen MR) is 129 cm³/mol. The van der Waals surface area contributed by atoms with E-state index >= 15 is 0 Å². The molecule has 3 aromatic rings. The highest BCUT2D eigenvalue weighted by molar-refractivity contribution is 7.21. The standard InChI is InChI=1S/C24H27N5O2S/c1-24(2,3)14-6-8-16(9-7-14)29-17-10-12-26-22-18(17)19(28-23(29)31)20(32-22)21(30)27-15-5-4-11-25-13-15/h6-10,12,15,25H,4-5,11,13H2,1-3H3,(H,27,30)(H,28,31). The van der Waals surface area contributed by atoms with E-state index in [9.17, 15) is 9.59 Å². The van der Waals surface area contributed by atoms with Gasteiger partial charge in [0.2, 0.25) is 0 Å². The Morgan fingerprint density at radius 3 is 2.69 bits per heavy atom. The van der Waals surface area contributed by atoms with Gasteiger partial charge in [0.15, 0.2) is 0 Å². The van der Waals surface area contributed by atoms with E-state index in [0.717, 1.165) is 47.5 Å². The monoisotopic (exact) mass is 449 g/mol. The molecule has 8 heteroatoms.